The maximum atomic E-state index is 12.8. The van der Waals surface area contributed by atoms with Crippen LogP contribution in [0.2, 0.25) is 0 Å². The van der Waals surface area contributed by atoms with Gasteiger partial charge in [-0.25, -0.2) is 4.98 Å². The number of carbonyl (C=O) groups is 2. The van der Waals surface area contributed by atoms with Crippen LogP contribution in [0.4, 0.5) is 5.13 Å². The molecular weight excluding hydrogens is 368 g/mol. The Balaban J connectivity index is 1.45. The van der Waals surface area contributed by atoms with Crippen molar-refractivity contribution in [3.63, 3.8) is 0 Å². The van der Waals surface area contributed by atoms with Crippen LogP contribution in [0.25, 0.3) is 11.3 Å². The second-order valence-electron chi connectivity index (χ2n) is 8.26. The highest BCUT2D eigenvalue weighted by Gasteiger charge is 2.41. The van der Waals surface area contributed by atoms with Gasteiger partial charge >= 0.3 is 0 Å². The molecule has 1 heterocycles. The van der Waals surface area contributed by atoms with Gasteiger partial charge in [-0.15, -0.1) is 11.3 Å². The summed E-state index contributed by atoms with van der Waals surface area (Å²) in [5.74, 6) is 0.558. The van der Waals surface area contributed by atoms with E-state index in [0.717, 1.165) is 48.2 Å². The Bertz CT molecular complexity index is 855. The number of aryl methyl sites for hydroxylation is 2. The molecule has 0 saturated heterocycles. The van der Waals surface area contributed by atoms with Gasteiger partial charge in [0, 0.05) is 28.2 Å². The molecule has 28 heavy (non-hydrogen) atoms. The fourth-order valence-electron chi connectivity index (χ4n) is 4.74. The quantitative estimate of drug-likeness (QED) is 0.735. The molecule has 5 heteroatoms. The van der Waals surface area contributed by atoms with Crippen LogP contribution in [-0.2, 0) is 16.0 Å². The number of aromatic nitrogens is 1. The molecule has 2 unspecified atom stereocenters. The van der Waals surface area contributed by atoms with E-state index in [1.807, 2.05) is 6.92 Å². The van der Waals surface area contributed by atoms with Gasteiger partial charge in [0.25, 0.3) is 0 Å². The zero-order chi connectivity index (χ0) is 19.7. The Kier molecular flexibility index (Phi) is 5.63. The summed E-state index contributed by atoms with van der Waals surface area (Å²) in [4.78, 5) is 30.9. The number of hydrogen-bond donors (Lipinski definition) is 1. The lowest BCUT2D eigenvalue weighted by atomic mass is 9.67. The number of rotatable bonds is 5. The van der Waals surface area contributed by atoms with Crippen molar-refractivity contribution in [3.8, 4) is 11.3 Å². The molecule has 1 N–H and O–H groups in total. The first kappa shape index (κ1) is 19.3. The number of anilines is 1. The number of Topliss-reactive ketones (excluding diaryl/α,β-unsaturated/α-hetero) is 1. The monoisotopic (exact) mass is 396 g/mol. The standard InChI is InChI=1S/C23H28N2O2S/c1-3-5-15-8-10-16(11-9-15)20-14(2)28-23(24-20)25-22(27)19-12-17-6-4-7-18(13-19)21(17)26/h8-11,17-19H,3-7,12-13H2,1-2H3,(H,24,25,27). The van der Waals surface area contributed by atoms with Gasteiger partial charge in [0.1, 0.15) is 5.78 Å². The molecular formula is C23H28N2O2S. The third-order valence-corrected chi connectivity index (χ3v) is 7.10. The van der Waals surface area contributed by atoms with E-state index in [1.54, 1.807) is 0 Å². The smallest absolute Gasteiger partial charge is 0.229 e. The fourth-order valence-corrected chi connectivity index (χ4v) is 5.58. The number of ketones is 1. The van der Waals surface area contributed by atoms with E-state index in [-0.39, 0.29) is 23.7 Å². The average Bonchev–Trinajstić information content (AvgIpc) is 3.02. The number of carbonyl (C=O) groups excluding carboxylic acids is 2. The molecule has 1 amide bonds. The van der Waals surface area contributed by atoms with Crippen LogP contribution in [0.3, 0.4) is 0 Å². The van der Waals surface area contributed by atoms with Crippen molar-refractivity contribution in [2.24, 2.45) is 17.8 Å². The number of nitrogens with zero attached hydrogens (tertiary/aromatic N) is 1. The van der Waals surface area contributed by atoms with Crippen molar-refractivity contribution in [2.45, 2.75) is 58.8 Å². The van der Waals surface area contributed by atoms with Crippen molar-refractivity contribution in [2.75, 3.05) is 5.32 Å². The summed E-state index contributed by atoms with van der Waals surface area (Å²) >= 11 is 1.53. The number of hydrogen-bond acceptors (Lipinski definition) is 4. The Labute approximate surface area is 170 Å². The molecule has 1 aromatic heterocycles. The molecule has 2 aromatic rings. The normalized spacial score (nSPS) is 24.2. The molecule has 1 aromatic carbocycles. The molecule has 2 saturated carbocycles. The van der Waals surface area contributed by atoms with Crippen LogP contribution in [0, 0.1) is 24.7 Å². The SMILES string of the molecule is CCCc1ccc(-c2nc(NC(=O)C3CC4CCCC(C3)C4=O)sc2C)cc1. The highest BCUT2D eigenvalue weighted by Crippen LogP contribution is 2.40. The molecule has 148 valence electrons. The first-order valence-electron chi connectivity index (χ1n) is 10.5. The summed E-state index contributed by atoms with van der Waals surface area (Å²) < 4.78 is 0. The summed E-state index contributed by atoms with van der Waals surface area (Å²) in [6.45, 7) is 4.23. The first-order chi connectivity index (χ1) is 13.5. The molecule has 0 spiro atoms. The Hall–Kier alpha value is -2.01. The van der Waals surface area contributed by atoms with E-state index in [4.69, 9.17) is 4.98 Å². The Morgan fingerprint density at radius 3 is 2.50 bits per heavy atom. The molecule has 2 aliphatic rings. The molecule has 2 bridgehead atoms. The van der Waals surface area contributed by atoms with E-state index in [1.165, 1.54) is 16.9 Å². The van der Waals surface area contributed by atoms with E-state index in [2.05, 4.69) is 36.5 Å². The van der Waals surface area contributed by atoms with Crippen LogP contribution in [0.5, 0.6) is 0 Å². The lowest BCUT2D eigenvalue weighted by molar-refractivity contribution is -0.136. The van der Waals surface area contributed by atoms with Gasteiger partial charge in [-0.1, -0.05) is 44.0 Å². The van der Waals surface area contributed by atoms with Crippen molar-refractivity contribution >= 4 is 28.2 Å². The summed E-state index contributed by atoms with van der Waals surface area (Å²) in [5, 5.41) is 3.70. The number of thiazole rings is 1. The van der Waals surface area contributed by atoms with Crippen LogP contribution in [-0.4, -0.2) is 16.7 Å². The largest absolute Gasteiger partial charge is 0.302 e. The van der Waals surface area contributed by atoms with Gasteiger partial charge in [0.15, 0.2) is 5.13 Å². The van der Waals surface area contributed by atoms with E-state index in [9.17, 15) is 9.59 Å². The average molecular weight is 397 g/mol. The Morgan fingerprint density at radius 1 is 1.18 bits per heavy atom. The van der Waals surface area contributed by atoms with E-state index >= 15 is 0 Å². The minimum Gasteiger partial charge on any atom is -0.302 e. The van der Waals surface area contributed by atoms with Crippen molar-refractivity contribution < 1.29 is 9.59 Å². The summed E-state index contributed by atoms with van der Waals surface area (Å²) in [6.07, 6.45) is 6.67. The maximum absolute atomic E-state index is 12.8. The molecule has 2 atom stereocenters. The van der Waals surface area contributed by atoms with Gasteiger partial charge in [0.05, 0.1) is 5.69 Å². The van der Waals surface area contributed by atoms with Gasteiger partial charge in [-0.2, -0.15) is 0 Å². The molecule has 2 aliphatic carbocycles. The lowest BCUT2D eigenvalue weighted by Gasteiger charge is -2.36. The Morgan fingerprint density at radius 2 is 1.86 bits per heavy atom. The van der Waals surface area contributed by atoms with Crippen LogP contribution in [0.1, 0.15) is 55.9 Å². The zero-order valence-electron chi connectivity index (χ0n) is 16.7. The second-order valence-corrected chi connectivity index (χ2v) is 9.46. The van der Waals surface area contributed by atoms with Gasteiger partial charge in [0.2, 0.25) is 5.91 Å². The highest BCUT2D eigenvalue weighted by molar-refractivity contribution is 7.16. The third kappa shape index (κ3) is 3.90. The van der Waals surface area contributed by atoms with Crippen molar-refractivity contribution in [1.29, 1.82) is 0 Å². The van der Waals surface area contributed by atoms with E-state index in [0.29, 0.717) is 23.8 Å². The van der Waals surface area contributed by atoms with Gasteiger partial charge < -0.3 is 5.32 Å². The number of fused-ring (bicyclic) bond motifs is 2. The molecule has 4 nitrogen and oxygen atoms in total. The van der Waals surface area contributed by atoms with Gasteiger partial charge in [-0.05, 0) is 44.6 Å². The van der Waals surface area contributed by atoms with Crippen molar-refractivity contribution in [1.82, 2.24) is 4.98 Å². The number of nitrogens with one attached hydrogen (secondary N) is 1. The number of amides is 1. The van der Waals surface area contributed by atoms with Crippen LogP contribution >= 0.6 is 11.3 Å². The molecule has 4 rings (SSSR count). The second kappa shape index (κ2) is 8.16. The highest BCUT2D eigenvalue weighted by atomic mass is 32.1. The molecule has 0 aliphatic heterocycles. The van der Waals surface area contributed by atoms with E-state index < -0.39 is 0 Å². The summed E-state index contributed by atoms with van der Waals surface area (Å²) in [6, 6.07) is 8.56. The number of benzene rings is 1. The van der Waals surface area contributed by atoms with Crippen molar-refractivity contribution in [3.05, 3.63) is 34.7 Å². The molecule has 2 fully saturated rings. The predicted molar refractivity (Wildman–Crippen MR) is 113 cm³/mol. The predicted octanol–water partition coefficient (Wildman–Crippen LogP) is 5.40. The van der Waals surface area contributed by atoms with Crippen LogP contribution in [0.15, 0.2) is 24.3 Å². The van der Waals surface area contributed by atoms with Gasteiger partial charge in [-0.3, -0.25) is 9.59 Å². The topological polar surface area (TPSA) is 59.1 Å². The third-order valence-electron chi connectivity index (χ3n) is 6.21. The minimum atomic E-state index is -0.0611. The first-order valence-corrected chi connectivity index (χ1v) is 11.3. The summed E-state index contributed by atoms with van der Waals surface area (Å²) in [5.41, 5.74) is 3.37. The molecule has 0 radical (unpaired) electrons. The fraction of sp³-hybridized carbons (Fsp3) is 0.522. The maximum Gasteiger partial charge on any atom is 0.229 e. The minimum absolute atomic E-state index is 0.0305. The lowest BCUT2D eigenvalue weighted by Crippen LogP contribution is -2.40. The van der Waals surface area contributed by atoms with Crippen LogP contribution < -0.4 is 5.32 Å². The zero-order valence-corrected chi connectivity index (χ0v) is 17.5. The summed E-state index contributed by atoms with van der Waals surface area (Å²) in [7, 11) is 0.